The molecule has 4 nitrogen and oxygen atoms in total. The minimum Gasteiger partial charge on any atom is -0.348 e. The fourth-order valence-corrected chi connectivity index (χ4v) is 5.20. The minimum absolute atomic E-state index is 0.0480. The molecule has 1 aromatic heterocycles. The summed E-state index contributed by atoms with van der Waals surface area (Å²) in [5, 5.41) is 2.08. The predicted octanol–water partition coefficient (Wildman–Crippen LogP) is 4.97. The lowest BCUT2D eigenvalue weighted by Gasteiger charge is -2.42. The third-order valence-corrected chi connectivity index (χ3v) is 7.11. The SMILES string of the molecule is CN(C)C(=O)C1(Cc2ccc(-c3cccs3)cc2)CCN(C(=O)c2ccccc2)CC1. The van der Waals surface area contributed by atoms with Crippen LogP contribution in [0.5, 0.6) is 0 Å². The molecule has 31 heavy (non-hydrogen) atoms. The Morgan fingerprint density at radius 2 is 1.61 bits per heavy atom. The molecule has 1 saturated heterocycles. The maximum absolute atomic E-state index is 13.2. The Morgan fingerprint density at radius 1 is 0.935 bits per heavy atom. The van der Waals surface area contributed by atoms with E-state index in [9.17, 15) is 9.59 Å². The molecule has 2 amide bonds. The fourth-order valence-electron chi connectivity index (χ4n) is 4.46. The first-order valence-electron chi connectivity index (χ1n) is 10.7. The maximum atomic E-state index is 13.2. The number of piperidine rings is 1. The van der Waals surface area contributed by atoms with E-state index < -0.39 is 5.41 Å². The molecule has 5 heteroatoms. The van der Waals surface area contributed by atoms with Gasteiger partial charge in [0.25, 0.3) is 5.91 Å². The Bertz CT molecular complexity index is 1020. The van der Waals surface area contributed by atoms with Crippen molar-refractivity contribution in [1.29, 1.82) is 0 Å². The summed E-state index contributed by atoms with van der Waals surface area (Å²) in [5.74, 6) is 0.202. The van der Waals surface area contributed by atoms with Crippen molar-refractivity contribution < 1.29 is 9.59 Å². The average Bonchev–Trinajstić information content (AvgIpc) is 3.34. The quantitative estimate of drug-likeness (QED) is 0.571. The zero-order valence-electron chi connectivity index (χ0n) is 18.1. The summed E-state index contributed by atoms with van der Waals surface area (Å²) in [6, 6.07) is 22.1. The molecule has 3 aromatic rings. The van der Waals surface area contributed by atoms with E-state index in [0.717, 1.165) is 0 Å². The van der Waals surface area contributed by atoms with E-state index in [4.69, 9.17) is 0 Å². The number of hydrogen-bond acceptors (Lipinski definition) is 3. The zero-order valence-corrected chi connectivity index (χ0v) is 18.9. The number of likely N-dealkylation sites (tertiary alicyclic amines) is 1. The Hall–Kier alpha value is -2.92. The van der Waals surface area contributed by atoms with Crippen molar-refractivity contribution in [3.63, 3.8) is 0 Å². The van der Waals surface area contributed by atoms with Crippen LogP contribution in [0.15, 0.2) is 72.1 Å². The van der Waals surface area contributed by atoms with E-state index in [1.165, 1.54) is 16.0 Å². The van der Waals surface area contributed by atoms with Gasteiger partial charge in [0.1, 0.15) is 0 Å². The summed E-state index contributed by atoms with van der Waals surface area (Å²) in [6.45, 7) is 1.20. The van der Waals surface area contributed by atoms with E-state index in [-0.39, 0.29) is 11.8 Å². The van der Waals surface area contributed by atoms with Gasteiger partial charge in [-0.25, -0.2) is 0 Å². The lowest BCUT2D eigenvalue weighted by molar-refractivity contribution is -0.142. The van der Waals surface area contributed by atoms with Gasteiger partial charge in [-0.1, -0.05) is 48.5 Å². The molecule has 2 aromatic carbocycles. The summed E-state index contributed by atoms with van der Waals surface area (Å²) in [6.07, 6.45) is 2.05. The molecule has 1 aliphatic heterocycles. The van der Waals surface area contributed by atoms with Gasteiger partial charge in [-0.2, -0.15) is 0 Å². The summed E-state index contributed by atoms with van der Waals surface area (Å²) in [7, 11) is 3.65. The molecule has 4 rings (SSSR count). The number of rotatable bonds is 5. The first-order valence-corrected chi connectivity index (χ1v) is 11.6. The largest absolute Gasteiger partial charge is 0.348 e. The van der Waals surface area contributed by atoms with Crippen molar-refractivity contribution in [2.75, 3.05) is 27.2 Å². The van der Waals surface area contributed by atoms with Crippen LogP contribution >= 0.6 is 11.3 Å². The molecule has 0 saturated carbocycles. The van der Waals surface area contributed by atoms with E-state index >= 15 is 0 Å². The molecule has 0 spiro atoms. The van der Waals surface area contributed by atoms with E-state index in [0.29, 0.717) is 37.9 Å². The van der Waals surface area contributed by atoms with Crippen LogP contribution in [-0.4, -0.2) is 48.8 Å². The van der Waals surface area contributed by atoms with Crippen LogP contribution in [0, 0.1) is 5.41 Å². The number of thiophene rings is 1. The molecular formula is C26H28N2O2S. The zero-order chi connectivity index (χ0) is 21.8. The number of nitrogens with zero attached hydrogens (tertiary/aromatic N) is 2. The highest BCUT2D eigenvalue weighted by molar-refractivity contribution is 7.13. The van der Waals surface area contributed by atoms with Gasteiger partial charge < -0.3 is 9.80 Å². The number of benzene rings is 2. The molecule has 2 heterocycles. The summed E-state index contributed by atoms with van der Waals surface area (Å²) >= 11 is 1.73. The molecule has 0 aliphatic carbocycles. The molecule has 0 unspecified atom stereocenters. The van der Waals surface area contributed by atoms with Gasteiger partial charge in [0, 0.05) is 37.6 Å². The van der Waals surface area contributed by atoms with Crippen molar-refractivity contribution in [2.24, 2.45) is 5.41 Å². The van der Waals surface area contributed by atoms with Gasteiger partial charge in [0.15, 0.2) is 0 Å². The predicted molar refractivity (Wildman–Crippen MR) is 126 cm³/mol. The molecular weight excluding hydrogens is 404 g/mol. The van der Waals surface area contributed by atoms with Crippen LogP contribution in [0.2, 0.25) is 0 Å². The summed E-state index contributed by atoms with van der Waals surface area (Å²) in [5.41, 5.74) is 2.60. The smallest absolute Gasteiger partial charge is 0.253 e. The van der Waals surface area contributed by atoms with Crippen molar-refractivity contribution in [2.45, 2.75) is 19.3 Å². The topological polar surface area (TPSA) is 40.6 Å². The van der Waals surface area contributed by atoms with Crippen LogP contribution < -0.4 is 0 Å². The Balaban J connectivity index is 1.51. The van der Waals surface area contributed by atoms with Crippen molar-refractivity contribution in [3.05, 3.63) is 83.2 Å². The molecule has 0 radical (unpaired) electrons. The Labute approximate surface area is 188 Å². The fraction of sp³-hybridized carbons (Fsp3) is 0.308. The van der Waals surface area contributed by atoms with E-state index in [1.807, 2.05) is 49.3 Å². The number of hydrogen-bond donors (Lipinski definition) is 0. The van der Waals surface area contributed by atoms with Gasteiger partial charge in [-0.05, 0) is 54.0 Å². The van der Waals surface area contributed by atoms with E-state index in [2.05, 4.69) is 41.8 Å². The second-order valence-corrected chi connectivity index (χ2v) is 9.44. The van der Waals surface area contributed by atoms with Crippen molar-refractivity contribution in [3.8, 4) is 10.4 Å². The van der Waals surface area contributed by atoms with Crippen molar-refractivity contribution >= 4 is 23.2 Å². The first kappa shape index (κ1) is 21.3. The number of carbonyl (C=O) groups excluding carboxylic acids is 2. The van der Waals surface area contributed by atoms with E-state index in [1.54, 1.807) is 16.2 Å². The minimum atomic E-state index is -0.471. The third-order valence-electron chi connectivity index (χ3n) is 6.19. The lowest BCUT2D eigenvalue weighted by Crippen LogP contribution is -2.51. The summed E-state index contributed by atoms with van der Waals surface area (Å²) in [4.78, 5) is 30.9. The monoisotopic (exact) mass is 432 g/mol. The molecule has 1 aliphatic rings. The average molecular weight is 433 g/mol. The van der Waals surface area contributed by atoms with Gasteiger partial charge in [-0.15, -0.1) is 11.3 Å². The molecule has 0 N–H and O–H groups in total. The normalized spacial score (nSPS) is 15.5. The summed E-state index contributed by atoms with van der Waals surface area (Å²) < 4.78 is 0. The van der Waals surface area contributed by atoms with Gasteiger partial charge in [0.2, 0.25) is 5.91 Å². The highest BCUT2D eigenvalue weighted by Crippen LogP contribution is 2.38. The highest BCUT2D eigenvalue weighted by Gasteiger charge is 2.43. The highest BCUT2D eigenvalue weighted by atomic mass is 32.1. The maximum Gasteiger partial charge on any atom is 0.253 e. The second kappa shape index (κ2) is 9.06. The van der Waals surface area contributed by atoms with Crippen molar-refractivity contribution in [1.82, 2.24) is 9.80 Å². The van der Waals surface area contributed by atoms with Crippen LogP contribution in [0.25, 0.3) is 10.4 Å². The molecule has 1 fully saturated rings. The Morgan fingerprint density at radius 3 is 2.19 bits per heavy atom. The van der Waals surface area contributed by atoms with Crippen LogP contribution in [0.1, 0.15) is 28.8 Å². The third kappa shape index (κ3) is 4.57. The van der Waals surface area contributed by atoms with Gasteiger partial charge >= 0.3 is 0 Å². The molecule has 0 atom stereocenters. The van der Waals surface area contributed by atoms with Crippen LogP contribution in [0.4, 0.5) is 0 Å². The van der Waals surface area contributed by atoms with Crippen LogP contribution in [0.3, 0.4) is 0 Å². The number of carbonyl (C=O) groups is 2. The lowest BCUT2D eigenvalue weighted by atomic mass is 9.72. The van der Waals surface area contributed by atoms with Crippen LogP contribution in [-0.2, 0) is 11.2 Å². The number of amides is 2. The second-order valence-electron chi connectivity index (χ2n) is 8.49. The Kier molecular flexibility index (Phi) is 6.23. The van der Waals surface area contributed by atoms with Gasteiger partial charge in [-0.3, -0.25) is 9.59 Å². The standard InChI is InChI=1S/C26H28N2O2S/c1-27(2)25(30)26(19-20-10-12-21(13-11-20)23-9-6-18-31-23)14-16-28(17-15-26)24(29)22-7-4-3-5-8-22/h3-13,18H,14-17,19H2,1-2H3. The molecule has 160 valence electrons. The molecule has 0 bridgehead atoms. The van der Waals surface area contributed by atoms with Gasteiger partial charge in [0.05, 0.1) is 5.41 Å². The first-order chi connectivity index (χ1) is 15.0.